The van der Waals surface area contributed by atoms with Gasteiger partial charge in [-0.2, -0.15) is 5.10 Å². The molecule has 0 radical (unpaired) electrons. The average molecular weight is 295 g/mol. The van der Waals surface area contributed by atoms with E-state index in [-0.39, 0.29) is 6.04 Å². The van der Waals surface area contributed by atoms with E-state index in [1.54, 1.807) is 4.68 Å². The third kappa shape index (κ3) is 3.29. The molecule has 1 aliphatic rings. The lowest BCUT2D eigenvalue weighted by molar-refractivity contribution is 0.0603. The number of esters is 1. The topological polar surface area (TPSA) is 94.2 Å². The maximum atomic E-state index is 12.0. The summed E-state index contributed by atoms with van der Waals surface area (Å²) in [5.41, 5.74) is 6.45. The molecule has 2 heterocycles. The molecule has 7 heteroatoms. The summed E-state index contributed by atoms with van der Waals surface area (Å²) in [6.45, 7) is 6.02. The monoisotopic (exact) mass is 295 g/mol. The van der Waals surface area contributed by atoms with Gasteiger partial charge in [0.2, 0.25) is 0 Å². The summed E-state index contributed by atoms with van der Waals surface area (Å²) in [6, 6.07) is 0.436. The van der Waals surface area contributed by atoms with E-state index in [0.717, 1.165) is 32.4 Å². The van der Waals surface area contributed by atoms with Crippen molar-refractivity contribution < 1.29 is 9.53 Å². The SMILES string of the molecule is CCC(C)n1nc(NC2CCNCC2)c(C(=O)OC)c1N. The molecule has 21 heavy (non-hydrogen) atoms. The van der Waals surface area contributed by atoms with Crippen molar-refractivity contribution in [2.75, 3.05) is 31.2 Å². The Morgan fingerprint density at radius 2 is 2.24 bits per heavy atom. The van der Waals surface area contributed by atoms with Crippen LogP contribution in [0.3, 0.4) is 0 Å². The molecule has 1 aromatic heterocycles. The van der Waals surface area contributed by atoms with Crippen LogP contribution < -0.4 is 16.4 Å². The van der Waals surface area contributed by atoms with Crippen molar-refractivity contribution in [3.05, 3.63) is 5.56 Å². The molecule has 0 saturated carbocycles. The normalized spacial score (nSPS) is 17.5. The van der Waals surface area contributed by atoms with Gasteiger partial charge in [0.1, 0.15) is 11.4 Å². The Labute approximate surface area is 125 Å². The van der Waals surface area contributed by atoms with Gasteiger partial charge >= 0.3 is 5.97 Å². The summed E-state index contributed by atoms with van der Waals surface area (Å²) in [4.78, 5) is 12.0. The Bertz CT molecular complexity index is 494. The first kappa shape index (κ1) is 15.6. The highest BCUT2D eigenvalue weighted by Crippen LogP contribution is 2.28. The minimum Gasteiger partial charge on any atom is -0.465 e. The first-order valence-electron chi connectivity index (χ1n) is 7.52. The number of nitrogens with two attached hydrogens (primary N) is 1. The molecule has 1 fully saturated rings. The first-order chi connectivity index (χ1) is 10.1. The van der Waals surface area contributed by atoms with Crippen LogP contribution in [0.5, 0.6) is 0 Å². The summed E-state index contributed by atoms with van der Waals surface area (Å²) in [6.07, 6.45) is 2.88. The van der Waals surface area contributed by atoms with Crippen molar-refractivity contribution >= 4 is 17.6 Å². The minimum atomic E-state index is -0.446. The molecule has 1 aliphatic heterocycles. The van der Waals surface area contributed by atoms with Gasteiger partial charge in [-0.05, 0) is 39.3 Å². The van der Waals surface area contributed by atoms with Crippen molar-refractivity contribution in [3.63, 3.8) is 0 Å². The molecule has 1 atom stereocenters. The number of anilines is 2. The maximum absolute atomic E-state index is 12.0. The number of ether oxygens (including phenoxy) is 1. The van der Waals surface area contributed by atoms with E-state index < -0.39 is 5.97 Å². The molecule has 1 saturated heterocycles. The number of rotatable bonds is 5. The summed E-state index contributed by atoms with van der Waals surface area (Å²) >= 11 is 0. The van der Waals surface area contributed by atoms with Crippen molar-refractivity contribution in [3.8, 4) is 0 Å². The van der Waals surface area contributed by atoms with Gasteiger partial charge in [-0.15, -0.1) is 0 Å². The van der Waals surface area contributed by atoms with Gasteiger partial charge in [-0.25, -0.2) is 9.48 Å². The molecule has 1 aromatic rings. The number of nitrogen functional groups attached to an aromatic ring is 1. The molecule has 4 N–H and O–H groups in total. The lowest BCUT2D eigenvalue weighted by Gasteiger charge is -2.23. The van der Waals surface area contributed by atoms with Gasteiger partial charge < -0.3 is 21.1 Å². The second-order valence-corrected chi connectivity index (χ2v) is 5.47. The molecule has 0 spiro atoms. The number of carbonyl (C=O) groups excluding carboxylic acids is 1. The standard InChI is InChI=1S/C14H25N5O2/c1-4-9(2)19-12(15)11(14(20)21-3)13(18-19)17-10-5-7-16-8-6-10/h9-10,16H,4-8,15H2,1-3H3,(H,17,18). The quantitative estimate of drug-likeness (QED) is 0.711. The van der Waals surface area contributed by atoms with Crippen LogP contribution in [0.15, 0.2) is 0 Å². The molecular formula is C14H25N5O2. The smallest absolute Gasteiger partial charge is 0.345 e. The van der Waals surface area contributed by atoms with Crippen molar-refractivity contribution in [1.82, 2.24) is 15.1 Å². The molecule has 0 amide bonds. The van der Waals surface area contributed by atoms with E-state index in [1.807, 2.05) is 6.92 Å². The van der Waals surface area contributed by atoms with E-state index in [9.17, 15) is 4.79 Å². The Morgan fingerprint density at radius 3 is 2.81 bits per heavy atom. The van der Waals surface area contributed by atoms with Crippen LogP contribution in [-0.2, 0) is 4.74 Å². The Hall–Kier alpha value is -1.76. The minimum absolute atomic E-state index is 0.136. The Kier molecular flexibility index (Phi) is 5.06. The third-order valence-corrected chi connectivity index (χ3v) is 4.03. The van der Waals surface area contributed by atoms with Gasteiger partial charge in [0, 0.05) is 6.04 Å². The van der Waals surface area contributed by atoms with E-state index in [4.69, 9.17) is 10.5 Å². The summed E-state index contributed by atoms with van der Waals surface area (Å²) in [5.74, 6) is 0.456. The number of hydrogen-bond acceptors (Lipinski definition) is 6. The van der Waals surface area contributed by atoms with Gasteiger partial charge in [0.25, 0.3) is 0 Å². The van der Waals surface area contributed by atoms with E-state index >= 15 is 0 Å². The van der Waals surface area contributed by atoms with Gasteiger partial charge in [-0.3, -0.25) is 0 Å². The number of nitrogens with one attached hydrogen (secondary N) is 2. The zero-order valence-corrected chi connectivity index (χ0v) is 13.0. The predicted molar refractivity (Wildman–Crippen MR) is 82.5 cm³/mol. The number of aromatic nitrogens is 2. The maximum Gasteiger partial charge on any atom is 0.345 e. The third-order valence-electron chi connectivity index (χ3n) is 4.03. The molecule has 0 bridgehead atoms. The number of hydrogen-bond donors (Lipinski definition) is 3. The second-order valence-electron chi connectivity index (χ2n) is 5.47. The molecule has 118 valence electrons. The van der Waals surface area contributed by atoms with Gasteiger partial charge in [-0.1, -0.05) is 6.92 Å². The lowest BCUT2D eigenvalue weighted by atomic mass is 10.1. The summed E-state index contributed by atoms with van der Waals surface area (Å²) < 4.78 is 6.55. The van der Waals surface area contributed by atoms with Crippen LogP contribution in [0.1, 0.15) is 49.5 Å². The van der Waals surface area contributed by atoms with Crippen LogP contribution in [0.25, 0.3) is 0 Å². The predicted octanol–water partition coefficient (Wildman–Crippen LogP) is 1.39. The number of piperidine rings is 1. The van der Waals surface area contributed by atoms with Crippen LogP contribution in [-0.4, -0.2) is 42.0 Å². The fourth-order valence-electron chi connectivity index (χ4n) is 2.52. The molecule has 0 aromatic carbocycles. The molecular weight excluding hydrogens is 270 g/mol. The van der Waals surface area contributed by atoms with E-state index in [1.165, 1.54) is 7.11 Å². The summed E-state index contributed by atoms with van der Waals surface area (Å²) in [5, 5.41) is 11.2. The molecule has 0 aliphatic carbocycles. The fourth-order valence-corrected chi connectivity index (χ4v) is 2.52. The Balaban J connectivity index is 2.30. The molecule has 7 nitrogen and oxygen atoms in total. The van der Waals surface area contributed by atoms with Crippen molar-refractivity contribution in [1.29, 1.82) is 0 Å². The highest BCUT2D eigenvalue weighted by atomic mass is 16.5. The first-order valence-corrected chi connectivity index (χ1v) is 7.52. The zero-order valence-electron chi connectivity index (χ0n) is 13.0. The number of carbonyl (C=O) groups is 1. The average Bonchev–Trinajstić information content (AvgIpc) is 2.83. The van der Waals surface area contributed by atoms with Crippen LogP contribution in [0.2, 0.25) is 0 Å². The largest absolute Gasteiger partial charge is 0.465 e. The highest BCUT2D eigenvalue weighted by Gasteiger charge is 2.26. The van der Waals surface area contributed by atoms with Crippen LogP contribution in [0, 0.1) is 0 Å². The Morgan fingerprint density at radius 1 is 1.57 bits per heavy atom. The second kappa shape index (κ2) is 6.80. The van der Waals surface area contributed by atoms with Crippen LogP contribution in [0.4, 0.5) is 11.6 Å². The van der Waals surface area contributed by atoms with Gasteiger partial charge in [0.05, 0.1) is 13.2 Å². The molecule has 1 unspecified atom stereocenters. The van der Waals surface area contributed by atoms with Crippen molar-refractivity contribution in [2.24, 2.45) is 0 Å². The van der Waals surface area contributed by atoms with E-state index in [2.05, 4.69) is 22.7 Å². The van der Waals surface area contributed by atoms with Gasteiger partial charge in [0.15, 0.2) is 5.82 Å². The van der Waals surface area contributed by atoms with E-state index in [0.29, 0.717) is 23.2 Å². The number of methoxy groups -OCH3 is 1. The number of nitrogens with zero attached hydrogens (tertiary/aromatic N) is 2. The molecule has 2 rings (SSSR count). The summed E-state index contributed by atoms with van der Waals surface area (Å²) in [7, 11) is 1.36. The lowest BCUT2D eigenvalue weighted by Crippen LogP contribution is -2.35. The highest BCUT2D eigenvalue weighted by molar-refractivity contribution is 5.99. The fraction of sp³-hybridized carbons (Fsp3) is 0.714. The van der Waals surface area contributed by atoms with Crippen molar-refractivity contribution in [2.45, 2.75) is 45.2 Å². The zero-order chi connectivity index (χ0) is 15.4. The van der Waals surface area contributed by atoms with Crippen LogP contribution >= 0.6 is 0 Å².